The Bertz CT molecular complexity index is 274. The normalized spacial score (nSPS) is 14.3. The van der Waals surface area contributed by atoms with Gasteiger partial charge in [0.2, 0.25) is 0 Å². The minimum absolute atomic E-state index is 2.52. The molecule has 96 valence electrons. The lowest BCUT2D eigenvalue weighted by Gasteiger charge is -2.31. The molecule has 0 aliphatic heterocycles. The number of rotatable bonds is 5. The van der Waals surface area contributed by atoms with Gasteiger partial charge in [-0.3, -0.25) is 4.79 Å². The van der Waals surface area contributed by atoms with Crippen molar-refractivity contribution < 1.29 is 45.0 Å². The van der Waals surface area contributed by atoms with Gasteiger partial charge in [0.25, 0.3) is 0 Å². The molecule has 0 rings (SSSR count). The van der Waals surface area contributed by atoms with Crippen LogP contribution in [0.5, 0.6) is 0 Å². The third-order valence-electron chi connectivity index (χ3n) is 1.53. The molecule has 0 aromatic heterocycles. The number of hydrogen-bond acceptors (Lipinski definition) is 1. The molecular formula is C6H4F8O2. The smallest absolute Gasteiger partial charge is 0.378 e. The highest BCUT2D eigenvalue weighted by molar-refractivity contribution is 5.68. The molecule has 0 aliphatic rings. The van der Waals surface area contributed by atoms with E-state index in [1.54, 1.807) is 0 Å². The molecule has 10 heteroatoms. The summed E-state index contributed by atoms with van der Waals surface area (Å²) < 4.78 is 96.5. The van der Waals surface area contributed by atoms with Gasteiger partial charge in [-0.15, -0.1) is 0 Å². The average molecular weight is 260 g/mol. The predicted octanol–water partition coefficient (Wildman–Crippen LogP) is 2.63. The van der Waals surface area contributed by atoms with Gasteiger partial charge < -0.3 is 5.11 Å². The molecule has 16 heavy (non-hydrogen) atoms. The Labute approximate surface area is 82.8 Å². The van der Waals surface area contributed by atoms with Crippen LogP contribution in [0.25, 0.3) is 0 Å². The van der Waals surface area contributed by atoms with Crippen LogP contribution in [0, 0.1) is 0 Å². The SMILES string of the molecule is O=C(O)CC(F)(F)C(F)(F)C(F)(F)C(F)F. The molecule has 0 saturated carbocycles. The molecule has 0 aromatic rings. The van der Waals surface area contributed by atoms with Crippen molar-refractivity contribution in [2.24, 2.45) is 0 Å². The zero-order valence-electron chi connectivity index (χ0n) is 7.16. The van der Waals surface area contributed by atoms with E-state index in [9.17, 15) is 39.9 Å². The summed E-state index contributed by atoms with van der Waals surface area (Å²) >= 11 is 0. The van der Waals surface area contributed by atoms with Crippen LogP contribution in [0.15, 0.2) is 0 Å². The maximum absolute atomic E-state index is 12.4. The van der Waals surface area contributed by atoms with Crippen LogP contribution in [-0.2, 0) is 4.79 Å². The number of alkyl halides is 8. The van der Waals surface area contributed by atoms with E-state index in [0.29, 0.717) is 0 Å². The Hall–Kier alpha value is -1.09. The van der Waals surface area contributed by atoms with E-state index in [4.69, 9.17) is 5.11 Å². The number of carboxylic acid groups (broad SMARTS) is 1. The molecule has 0 atom stereocenters. The van der Waals surface area contributed by atoms with Gasteiger partial charge in [0.15, 0.2) is 0 Å². The number of carboxylic acids is 1. The molecule has 2 nitrogen and oxygen atoms in total. The summed E-state index contributed by atoms with van der Waals surface area (Å²) in [7, 11) is 0. The van der Waals surface area contributed by atoms with Crippen molar-refractivity contribution in [1.29, 1.82) is 0 Å². The molecule has 0 amide bonds. The van der Waals surface area contributed by atoms with E-state index < -0.39 is 36.6 Å². The molecule has 0 aromatic carbocycles. The molecule has 1 N–H and O–H groups in total. The Morgan fingerprint density at radius 1 is 1.06 bits per heavy atom. The highest BCUT2D eigenvalue weighted by Gasteiger charge is 2.75. The van der Waals surface area contributed by atoms with Crippen molar-refractivity contribution in [3.8, 4) is 0 Å². The summed E-state index contributed by atoms with van der Waals surface area (Å²) in [6.45, 7) is 0. The van der Waals surface area contributed by atoms with Crippen molar-refractivity contribution >= 4 is 5.97 Å². The highest BCUT2D eigenvalue weighted by Crippen LogP contribution is 2.49. The zero-order valence-corrected chi connectivity index (χ0v) is 7.16. The molecule has 0 saturated heterocycles. The minimum Gasteiger partial charge on any atom is -0.481 e. The summed E-state index contributed by atoms with van der Waals surface area (Å²) in [5.74, 6) is -21.1. The topological polar surface area (TPSA) is 37.3 Å². The maximum Gasteiger partial charge on any atom is 0.378 e. The quantitative estimate of drug-likeness (QED) is 0.771. The van der Waals surface area contributed by atoms with Gasteiger partial charge in [-0.2, -0.15) is 26.3 Å². The van der Waals surface area contributed by atoms with E-state index in [1.807, 2.05) is 0 Å². The van der Waals surface area contributed by atoms with Crippen LogP contribution in [0.1, 0.15) is 6.42 Å². The van der Waals surface area contributed by atoms with Crippen molar-refractivity contribution in [3.05, 3.63) is 0 Å². The number of hydrogen-bond donors (Lipinski definition) is 1. The van der Waals surface area contributed by atoms with Crippen molar-refractivity contribution in [1.82, 2.24) is 0 Å². The second-order valence-corrected chi connectivity index (χ2v) is 2.77. The van der Waals surface area contributed by atoms with Gasteiger partial charge in [0.05, 0.1) is 0 Å². The van der Waals surface area contributed by atoms with Crippen LogP contribution in [0.4, 0.5) is 35.1 Å². The fourth-order valence-corrected chi connectivity index (χ4v) is 0.682. The molecule has 0 spiro atoms. The Kier molecular flexibility index (Phi) is 3.78. The van der Waals surface area contributed by atoms with Gasteiger partial charge in [-0.25, -0.2) is 8.78 Å². The van der Waals surface area contributed by atoms with Gasteiger partial charge >= 0.3 is 30.2 Å². The Balaban J connectivity index is 5.25. The monoisotopic (exact) mass is 260 g/mol. The van der Waals surface area contributed by atoms with Crippen LogP contribution in [0.3, 0.4) is 0 Å². The van der Waals surface area contributed by atoms with Crippen LogP contribution in [-0.4, -0.2) is 35.3 Å². The number of aliphatic carboxylic acids is 1. The first-order valence-corrected chi connectivity index (χ1v) is 3.49. The fraction of sp³-hybridized carbons (Fsp3) is 0.833. The van der Waals surface area contributed by atoms with Gasteiger partial charge in [0.1, 0.15) is 6.42 Å². The molecule has 0 heterocycles. The van der Waals surface area contributed by atoms with Crippen molar-refractivity contribution in [3.63, 3.8) is 0 Å². The Morgan fingerprint density at radius 2 is 1.44 bits per heavy atom. The fourth-order valence-electron chi connectivity index (χ4n) is 0.682. The Morgan fingerprint density at radius 3 is 1.69 bits per heavy atom. The third kappa shape index (κ3) is 2.35. The van der Waals surface area contributed by atoms with E-state index >= 15 is 0 Å². The van der Waals surface area contributed by atoms with Gasteiger partial charge in [-0.05, 0) is 0 Å². The lowest BCUT2D eigenvalue weighted by atomic mass is 10.0. The van der Waals surface area contributed by atoms with Crippen molar-refractivity contribution in [2.75, 3.05) is 0 Å². The first kappa shape index (κ1) is 14.9. The molecule has 0 aliphatic carbocycles. The standard InChI is InChI=1S/C6H4F8O2/c7-3(8)5(11,12)6(13,14)4(9,10)1-2(15)16/h3H,1H2,(H,15,16). The summed E-state index contributed by atoms with van der Waals surface area (Å²) in [6, 6.07) is 0. The minimum atomic E-state index is -6.45. The molecule has 0 unspecified atom stereocenters. The lowest BCUT2D eigenvalue weighted by molar-refractivity contribution is -0.338. The third-order valence-corrected chi connectivity index (χ3v) is 1.53. The summed E-state index contributed by atoms with van der Waals surface area (Å²) in [5.41, 5.74) is 0. The first-order valence-electron chi connectivity index (χ1n) is 3.49. The van der Waals surface area contributed by atoms with Gasteiger partial charge in [0, 0.05) is 0 Å². The first-order chi connectivity index (χ1) is 6.86. The molecule has 0 fully saturated rings. The van der Waals surface area contributed by atoms with E-state index in [-0.39, 0.29) is 0 Å². The molecule has 0 bridgehead atoms. The average Bonchev–Trinajstić information content (AvgIpc) is 2.00. The predicted molar refractivity (Wildman–Crippen MR) is 33.1 cm³/mol. The maximum atomic E-state index is 12.4. The van der Waals surface area contributed by atoms with Crippen molar-refractivity contribution in [2.45, 2.75) is 30.6 Å². The van der Waals surface area contributed by atoms with Gasteiger partial charge in [-0.1, -0.05) is 0 Å². The summed E-state index contributed by atoms with van der Waals surface area (Å²) in [6.07, 6.45) is -7.72. The van der Waals surface area contributed by atoms with E-state index in [0.717, 1.165) is 0 Å². The van der Waals surface area contributed by atoms with Crippen LogP contribution in [0.2, 0.25) is 0 Å². The summed E-state index contributed by atoms with van der Waals surface area (Å²) in [4.78, 5) is 9.71. The lowest BCUT2D eigenvalue weighted by Crippen LogP contribution is -2.58. The zero-order chi connectivity index (χ0) is 13.4. The van der Waals surface area contributed by atoms with Crippen LogP contribution < -0.4 is 0 Å². The van der Waals surface area contributed by atoms with E-state index in [1.165, 1.54) is 0 Å². The van der Waals surface area contributed by atoms with Crippen LogP contribution >= 0.6 is 0 Å². The molecule has 0 radical (unpaired) electrons. The van der Waals surface area contributed by atoms with E-state index in [2.05, 4.69) is 0 Å². The highest BCUT2D eigenvalue weighted by atomic mass is 19.4. The second kappa shape index (κ2) is 4.06. The second-order valence-electron chi connectivity index (χ2n) is 2.77. The summed E-state index contributed by atoms with van der Waals surface area (Å²) in [5, 5.41) is 7.77. The largest absolute Gasteiger partial charge is 0.481 e. The number of carbonyl (C=O) groups is 1. The number of halogens is 8. The molecular weight excluding hydrogens is 256 g/mol.